The van der Waals surface area contributed by atoms with E-state index in [2.05, 4.69) is 44.0 Å². The van der Waals surface area contributed by atoms with Crippen molar-refractivity contribution in [1.82, 2.24) is 9.97 Å². The summed E-state index contributed by atoms with van der Waals surface area (Å²) in [5.41, 5.74) is 5.93. The molecule has 0 bridgehead atoms. The van der Waals surface area contributed by atoms with Gasteiger partial charge < -0.3 is 4.98 Å². The highest BCUT2D eigenvalue weighted by Crippen LogP contribution is 2.39. The molecule has 0 aliphatic heterocycles. The van der Waals surface area contributed by atoms with Gasteiger partial charge in [-0.25, -0.2) is 0 Å². The number of rotatable bonds is 1. The quantitative estimate of drug-likeness (QED) is 0.722. The van der Waals surface area contributed by atoms with E-state index >= 15 is 0 Å². The molecule has 1 aliphatic carbocycles. The molecule has 0 spiro atoms. The summed E-state index contributed by atoms with van der Waals surface area (Å²) in [7, 11) is 0. The molecule has 3 aromatic rings. The summed E-state index contributed by atoms with van der Waals surface area (Å²) in [5.74, 6) is 0.203. The molecule has 110 valence electrons. The van der Waals surface area contributed by atoms with Crippen molar-refractivity contribution in [2.45, 2.75) is 32.6 Å². The molecule has 22 heavy (non-hydrogen) atoms. The molecular weight excluding hydrogens is 272 g/mol. The molecule has 4 rings (SSSR count). The van der Waals surface area contributed by atoms with E-state index in [-0.39, 0.29) is 11.2 Å². The fourth-order valence-corrected chi connectivity index (χ4v) is 3.45. The molecule has 1 aliphatic rings. The van der Waals surface area contributed by atoms with Crippen LogP contribution in [0.25, 0.3) is 22.2 Å². The highest BCUT2D eigenvalue weighted by molar-refractivity contribution is 6.02. The van der Waals surface area contributed by atoms with Crippen LogP contribution in [-0.4, -0.2) is 15.8 Å². The Hall–Kier alpha value is -2.42. The van der Waals surface area contributed by atoms with Gasteiger partial charge in [-0.2, -0.15) is 0 Å². The average molecular weight is 290 g/mol. The first-order chi connectivity index (χ1) is 10.5. The van der Waals surface area contributed by atoms with Crippen LogP contribution in [-0.2, 0) is 5.41 Å². The number of pyridine rings is 1. The van der Waals surface area contributed by atoms with Crippen LogP contribution in [0.5, 0.6) is 0 Å². The number of nitrogens with zero attached hydrogens (tertiary/aromatic N) is 1. The molecule has 0 unspecified atom stereocenters. The second-order valence-electron chi connectivity index (χ2n) is 6.78. The molecule has 2 heterocycles. The van der Waals surface area contributed by atoms with Gasteiger partial charge in [0.2, 0.25) is 0 Å². The Morgan fingerprint density at radius 2 is 1.95 bits per heavy atom. The van der Waals surface area contributed by atoms with Crippen LogP contribution in [0.4, 0.5) is 0 Å². The molecule has 0 fully saturated rings. The largest absolute Gasteiger partial charge is 0.360 e. The standard InChI is InChI=1S/C19H18N2O/c1-11-5-4-6-12-14(10-20-17(11)12)15-8-7-13-16(22)9-19(2,3)18(13)21-15/h4-8,10,20H,9H2,1-3H3. The zero-order valence-electron chi connectivity index (χ0n) is 13.0. The van der Waals surface area contributed by atoms with Gasteiger partial charge in [0.1, 0.15) is 0 Å². The number of fused-ring (bicyclic) bond motifs is 2. The second kappa shape index (κ2) is 4.29. The summed E-state index contributed by atoms with van der Waals surface area (Å²) in [6, 6.07) is 10.2. The first-order valence-electron chi connectivity index (χ1n) is 7.59. The molecule has 0 saturated heterocycles. The number of carbonyl (C=O) groups is 1. The van der Waals surface area contributed by atoms with E-state index < -0.39 is 0 Å². The molecule has 0 amide bonds. The van der Waals surface area contributed by atoms with Gasteiger partial charge in [-0.1, -0.05) is 32.0 Å². The van der Waals surface area contributed by atoms with E-state index in [1.807, 2.05) is 18.3 Å². The monoisotopic (exact) mass is 290 g/mol. The number of ketones is 1. The van der Waals surface area contributed by atoms with Crippen LogP contribution < -0.4 is 0 Å². The number of Topliss-reactive ketones (excluding diaryl/α,β-unsaturated/α-hetero) is 1. The van der Waals surface area contributed by atoms with Crippen molar-refractivity contribution in [1.29, 1.82) is 0 Å². The summed E-state index contributed by atoms with van der Waals surface area (Å²) in [5, 5.41) is 1.18. The van der Waals surface area contributed by atoms with E-state index in [4.69, 9.17) is 4.98 Å². The molecular formula is C19H18N2O. The van der Waals surface area contributed by atoms with E-state index in [0.717, 1.165) is 28.0 Å². The van der Waals surface area contributed by atoms with Gasteiger partial charge >= 0.3 is 0 Å². The number of aromatic amines is 1. The van der Waals surface area contributed by atoms with Crippen LogP contribution in [0, 0.1) is 6.92 Å². The number of hydrogen-bond donors (Lipinski definition) is 1. The minimum atomic E-state index is -0.176. The minimum Gasteiger partial charge on any atom is -0.360 e. The minimum absolute atomic E-state index is 0.176. The van der Waals surface area contributed by atoms with Gasteiger partial charge in [-0.15, -0.1) is 0 Å². The molecule has 0 atom stereocenters. The molecule has 0 radical (unpaired) electrons. The lowest BCUT2D eigenvalue weighted by atomic mass is 9.90. The zero-order chi connectivity index (χ0) is 15.5. The fourth-order valence-electron chi connectivity index (χ4n) is 3.45. The SMILES string of the molecule is Cc1cccc2c(-c3ccc4c(n3)C(C)(C)CC4=O)c[nH]c12. The Morgan fingerprint density at radius 1 is 1.14 bits per heavy atom. The number of H-pyrrole nitrogens is 1. The van der Waals surface area contributed by atoms with Crippen molar-refractivity contribution >= 4 is 16.7 Å². The third-order valence-corrected chi connectivity index (χ3v) is 4.64. The summed E-state index contributed by atoms with van der Waals surface area (Å²) in [4.78, 5) is 20.3. The Bertz CT molecular complexity index is 918. The van der Waals surface area contributed by atoms with E-state index in [1.54, 1.807) is 0 Å². The number of aryl methyl sites for hydroxylation is 1. The zero-order valence-corrected chi connectivity index (χ0v) is 13.0. The number of hydrogen-bond acceptors (Lipinski definition) is 2. The number of para-hydroxylation sites is 1. The number of aromatic nitrogens is 2. The first-order valence-corrected chi connectivity index (χ1v) is 7.59. The Morgan fingerprint density at radius 3 is 2.77 bits per heavy atom. The maximum absolute atomic E-state index is 12.1. The van der Waals surface area contributed by atoms with E-state index in [1.165, 1.54) is 10.9 Å². The molecule has 3 nitrogen and oxygen atoms in total. The van der Waals surface area contributed by atoms with Gasteiger partial charge in [0.05, 0.1) is 11.4 Å². The van der Waals surface area contributed by atoms with Gasteiger partial charge in [0, 0.05) is 40.1 Å². The average Bonchev–Trinajstić information content (AvgIpc) is 3.00. The number of benzene rings is 1. The van der Waals surface area contributed by atoms with Crippen LogP contribution in [0.3, 0.4) is 0 Å². The normalized spacial score (nSPS) is 16.2. The van der Waals surface area contributed by atoms with Crippen molar-refractivity contribution in [3.8, 4) is 11.3 Å². The highest BCUT2D eigenvalue weighted by Gasteiger charge is 2.37. The van der Waals surface area contributed by atoms with Gasteiger partial charge in [0.15, 0.2) is 5.78 Å². The predicted molar refractivity (Wildman–Crippen MR) is 88.2 cm³/mol. The van der Waals surface area contributed by atoms with Crippen LogP contribution >= 0.6 is 0 Å². The van der Waals surface area contributed by atoms with Crippen molar-refractivity contribution < 1.29 is 4.79 Å². The Labute approximate surface area is 129 Å². The maximum atomic E-state index is 12.1. The summed E-state index contributed by atoms with van der Waals surface area (Å²) in [6.07, 6.45) is 2.56. The first kappa shape index (κ1) is 13.3. The smallest absolute Gasteiger partial charge is 0.165 e. The van der Waals surface area contributed by atoms with Gasteiger partial charge in [-0.3, -0.25) is 9.78 Å². The fraction of sp³-hybridized carbons (Fsp3) is 0.263. The van der Waals surface area contributed by atoms with Crippen LogP contribution in [0.15, 0.2) is 36.5 Å². The predicted octanol–water partition coefficient (Wildman–Crippen LogP) is 4.40. The lowest BCUT2D eigenvalue weighted by Gasteiger charge is -2.16. The molecule has 2 aromatic heterocycles. The Kier molecular flexibility index (Phi) is 2.59. The second-order valence-corrected chi connectivity index (χ2v) is 6.78. The Balaban J connectivity index is 1.94. The molecule has 1 aromatic carbocycles. The number of carbonyl (C=O) groups excluding carboxylic acids is 1. The summed E-state index contributed by atoms with van der Waals surface area (Å²) >= 11 is 0. The molecule has 0 saturated carbocycles. The van der Waals surface area contributed by atoms with Crippen LogP contribution in [0.1, 0.15) is 41.9 Å². The maximum Gasteiger partial charge on any atom is 0.165 e. The molecule has 3 heteroatoms. The topological polar surface area (TPSA) is 45.8 Å². The lowest BCUT2D eigenvalue weighted by molar-refractivity contribution is 0.0979. The summed E-state index contributed by atoms with van der Waals surface area (Å²) in [6.45, 7) is 6.28. The van der Waals surface area contributed by atoms with Crippen molar-refractivity contribution in [3.05, 3.63) is 53.3 Å². The lowest BCUT2D eigenvalue weighted by Crippen LogP contribution is -2.14. The third kappa shape index (κ3) is 1.75. The van der Waals surface area contributed by atoms with Gasteiger partial charge in [0.25, 0.3) is 0 Å². The third-order valence-electron chi connectivity index (χ3n) is 4.64. The van der Waals surface area contributed by atoms with Crippen molar-refractivity contribution in [3.63, 3.8) is 0 Å². The van der Waals surface area contributed by atoms with E-state index in [0.29, 0.717) is 6.42 Å². The van der Waals surface area contributed by atoms with Crippen LogP contribution in [0.2, 0.25) is 0 Å². The van der Waals surface area contributed by atoms with Crippen molar-refractivity contribution in [2.24, 2.45) is 0 Å². The number of nitrogens with one attached hydrogen (secondary N) is 1. The highest BCUT2D eigenvalue weighted by atomic mass is 16.1. The summed E-state index contributed by atoms with van der Waals surface area (Å²) < 4.78 is 0. The van der Waals surface area contributed by atoms with E-state index in [9.17, 15) is 4.79 Å². The van der Waals surface area contributed by atoms with Crippen molar-refractivity contribution in [2.75, 3.05) is 0 Å². The molecule has 1 N–H and O–H groups in total. The van der Waals surface area contributed by atoms with Gasteiger partial charge in [-0.05, 0) is 24.6 Å².